The molecule has 1 atom stereocenters. The molecule has 3 aromatic carbocycles. The third kappa shape index (κ3) is 4.52. The Hall–Kier alpha value is -5.03. The van der Waals surface area contributed by atoms with Gasteiger partial charge in [0.1, 0.15) is 17.2 Å². The number of imidazole rings is 1. The van der Waals surface area contributed by atoms with E-state index in [0.717, 1.165) is 23.6 Å². The summed E-state index contributed by atoms with van der Waals surface area (Å²) in [5.41, 5.74) is 5.03. The largest absolute Gasteiger partial charge is 0.356 e. The van der Waals surface area contributed by atoms with Crippen molar-refractivity contribution in [3.8, 4) is 16.8 Å². The molecule has 1 unspecified atom stereocenters. The van der Waals surface area contributed by atoms with Crippen LogP contribution in [0.1, 0.15) is 22.7 Å². The third-order valence-corrected chi connectivity index (χ3v) is 8.67. The zero-order valence-electron chi connectivity index (χ0n) is 23.1. The van der Waals surface area contributed by atoms with Crippen molar-refractivity contribution in [1.82, 2.24) is 19.1 Å². The Labute approximate surface area is 245 Å². The maximum atomic E-state index is 15.7. The van der Waals surface area contributed by atoms with E-state index in [-0.39, 0.29) is 17.0 Å². The number of anilines is 2. The first kappa shape index (κ1) is 26.8. The van der Waals surface area contributed by atoms with Gasteiger partial charge in [-0.05, 0) is 47.5 Å². The number of aryl methyl sites for hydroxylation is 1. The Kier molecular flexibility index (Phi) is 6.10. The zero-order valence-corrected chi connectivity index (χ0v) is 23.9. The lowest BCUT2D eigenvalue weighted by Crippen LogP contribution is -2.25. The second-order valence-electron chi connectivity index (χ2n) is 10.8. The van der Waals surface area contributed by atoms with Crippen LogP contribution in [0.4, 0.5) is 20.2 Å². The van der Waals surface area contributed by atoms with Gasteiger partial charge in [0.15, 0.2) is 9.84 Å². The van der Waals surface area contributed by atoms with Gasteiger partial charge in [0.2, 0.25) is 0 Å². The summed E-state index contributed by atoms with van der Waals surface area (Å²) < 4.78 is 57.7. The Balaban J connectivity index is 1.57. The maximum absolute atomic E-state index is 15.7. The summed E-state index contributed by atoms with van der Waals surface area (Å²) in [4.78, 5) is 22.4. The summed E-state index contributed by atoms with van der Waals surface area (Å²) in [6, 6.07) is 15.7. The van der Waals surface area contributed by atoms with Crippen molar-refractivity contribution in [2.75, 3.05) is 11.2 Å². The molecule has 1 aliphatic rings. The number of sulfone groups is 1. The number of H-pyrrole nitrogens is 1. The predicted octanol–water partition coefficient (Wildman–Crippen LogP) is 5.78. The lowest BCUT2D eigenvalue weighted by molar-refractivity contribution is 0.580. The first-order valence-electron chi connectivity index (χ1n) is 13.4. The minimum Gasteiger partial charge on any atom is -0.356 e. The van der Waals surface area contributed by atoms with Crippen molar-refractivity contribution in [3.63, 3.8) is 0 Å². The van der Waals surface area contributed by atoms with Crippen molar-refractivity contribution in [1.29, 1.82) is 0 Å². The monoisotopic (exact) mass is 597 g/mol. The second kappa shape index (κ2) is 9.77. The maximum Gasteiger partial charge on any atom is 0.274 e. The van der Waals surface area contributed by atoms with E-state index in [9.17, 15) is 17.6 Å². The van der Waals surface area contributed by atoms with E-state index in [2.05, 4.69) is 9.97 Å². The van der Waals surface area contributed by atoms with Gasteiger partial charge in [-0.3, -0.25) is 4.79 Å². The number of nitrogens with zero attached hydrogens (tertiary/aromatic N) is 4. The van der Waals surface area contributed by atoms with Gasteiger partial charge in [-0.15, -0.1) is 0 Å². The molecule has 1 aliphatic heterocycles. The van der Waals surface area contributed by atoms with Crippen LogP contribution in [-0.2, 0) is 22.6 Å². The van der Waals surface area contributed by atoms with E-state index in [1.807, 2.05) is 35.0 Å². The van der Waals surface area contributed by atoms with E-state index >= 15 is 4.39 Å². The number of halogens is 2. The van der Waals surface area contributed by atoms with Crippen molar-refractivity contribution in [3.05, 3.63) is 130 Å². The summed E-state index contributed by atoms with van der Waals surface area (Å²) >= 11 is 0. The highest BCUT2D eigenvalue weighted by molar-refractivity contribution is 7.89. The molecule has 7 rings (SSSR count). The number of rotatable bonds is 5. The third-order valence-electron chi connectivity index (χ3n) is 7.81. The normalized spacial score (nSPS) is 14.6. The fraction of sp³-hybridized carbons (Fsp3) is 0.125. The summed E-state index contributed by atoms with van der Waals surface area (Å²) in [5, 5.41) is 0.648. The average Bonchev–Trinajstić information content (AvgIpc) is 3.63. The highest BCUT2D eigenvalue weighted by Crippen LogP contribution is 2.51. The van der Waals surface area contributed by atoms with Crippen LogP contribution in [0.15, 0.2) is 96.6 Å². The zero-order chi connectivity index (χ0) is 30.0. The number of aromatic nitrogens is 4. The van der Waals surface area contributed by atoms with Crippen LogP contribution in [0.3, 0.4) is 0 Å². The molecule has 0 fully saturated rings. The molecule has 1 N–H and O–H groups in total. The van der Waals surface area contributed by atoms with E-state index in [1.54, 1.807) is 55.1 Å². The first-order chi connectivity index (χ1) is 20.6. The molecule has 8 nitrogen and oxygen atoms in total. The highest BCUT2D eigenvalue weighted by Gasteiger charge is 2.35. The summed E-state index contributed by atoms with van der Waals surface area (Å²) in [7, 11) is -1.72. The molecule has 0 saturated heterocycles. The van der Waals surface area contributed by atoms with Crippen LogP contribution < -0.4 is 10.5 Å². The van der Waals surface area contributed by atoms with Crippen molar-refractivity contribution in [2.24, 2.45) is 7.05 Å². The van der Waals surface area contributed by atoms with Crippen LogP contribution in [0.2, 0.25) is 0 Å². The van der Waals surface area contributed by atoms with Crippen LogP contribution in [0.25, 0.3) is 27.7 Å². The number of benzene rings is 3. The molecule has 216 valence electrons. The van der Waals surface area contributed by atoms with Crippen molar-refractivity contribution >= 4 is 32.1 Å². The Morgan fingerprint density at radius 1 is 0.977 bits per heavy atom. The van der Waals surface area contributed by atoms with Gasteiger partial charge < -0.3 is 19.0 Å². The molecular weight excluding hydrogens is 572 g/mol. The summed E-state index contributed by atoms with van der Waals surface area (Å²) in [5.74, 6) is -1.67. The van der Waals surface area contributed by atoms with Gasteiger partial charge in [-0.2, -0.15) is 0 Å². The number of aromatic amines is 1. The SMILES string of the molecule is Cn1cc2c3c(c[nH]c3c1=O)C(c1ccc(-n3ccnc3)cc1)N(c1ccc(F)cc1F)c1ccc(CS(C)(=O)=O)cc1-2. The number of pyridine rings is 1. The Morgan fingerprint density at radius 2 is 1.74 bits per heavy atom. The van der Waals surface area contributed by atoms with Gasteiger partial charge in [-0.25, -0.2) is 22.2 Å². The summed E-state index contributed by atoms with van der Waals surface area (Å²) in [6.45, 7) is 0. The number of hydrogen-bond acceptors (Lipinski definition) is 5. The van der Waals surface area contributed by atoms with E-state index in [0.29, 0.717) is 38.8 Å². The number of hydrogen-bond donors (Lipinski definition) is 1. The molecule has 11 heteroatoms. The molecule has 0 bridgehead atoms. The van der Waals surface area contributed by atoms with Crippen LogP contribution in [-0.4, -0.2) is 33.8 Å². The first-order valence-corrected chi connectivity index (χ1v) is 15.5. The van der Waals surface area contributed by atoms with Crippen LogP contribution in [0, 0.1) is 11.6 Å². The van der Waals surface area contributed by atoms with Crippen molar-refractivity contribution in [2.45, 2.75) is 11.8 Å². The fourth-order valence-corrected chi connectivity index (χ4v) is 6.79. The molecule has 3 aromatic heterocycles. The van der Waals surface area contributed by atoms with Crippen LogP contribution in [0.5, 0.6) is 0 Å². The summed E-state index contributed by atoms with van der Waals surface area (Å²) in [6.07, 6.45) is 9.83. The van der Waals surface area contributed by atoms with Gasteiger partial charge in [0, 0.05) is 71.9 Å². The molecule has 0 amide bonds. The Bertz CT molecular complexity index is 2200. The number of nitrogens with one attached hydrogen (secondary N) is 1. The Morgan fingerprint density at radius 3 is 2.44 bits per heavy atom. The van der Waals surface area contributed by atoms with Gasteiger partial charge in [0.05, 0.1) is 29.5 Å². The van der Waals surface area contributed by atoms with Gasteiger partial charge >= 0.3 is 0 Å². The van der Waals surface area contributed by atoms with E-state index in [4.69, 9.17) is 0 Å². The van der Waals surface area contributed by atoms with Gasteiger partial charge in [-0.1, -0.05) is 18.2 Å². The predicted molar refractivity (Wildman–Crippen MR) is 161 cm³/mol. The fourth-order valence-electron chi connectivity index (χ4n) is 6.00. The molecule has 0 aliphatic carbocycles. The molecule has 0 saturated carbocycles. The quantitative estimate of drug-likeness (QED) is 0.272. The molecular formula is C32H25F2N5O3S. The lowest BCUT2D eigenvalue weighted by atomic mass is 9.95. The number of fused-ring (bicyclic) bond motifs is 2. The second-order valence-corrected chi connectivity index (χ2v) is 12.9. The molecule has 0 spiro atoms. The minimum atomic E-state index is -3.37. The average molecular weight is 598 g/mol. The van der Waals surface area contributed by atoms with E-state index in [1.165, 1.54) is 16.7 Å². The highest BCUT2D eigenvalue weighted by atomic mass is 32.2. The molecule has 6 aromatic rings. The minimum absolute atomic E-state index is 0.121. The van der Waals surface area contributed by atoms with E-state index < -0.39 is 27.5 Å². The van der Waals surface area contributed by atoms with Gasteiger partial charge in [0.25, 0.3) is 5.56 Å². The molecule has 4 heterocycles. The molecule has 43 heavy (non-hydrogen) atoms. The lowest BCUT2D eigenvalue weighted by Gasteiger charge is -2.34. The smallest absolute Gasteiger partial charge is 0.274 e. The molecule has 0 radical (unpaired) electrons. The topological polar surface area (TPSA) is 93.0 Å². The standard InChI is InChI=1S/C32H25F2N5O3S/c1-37-16-25-23-13-19(17-43(2,41)42)3-9-27(23)39(28-10-6-21(33)14-26(28)34)31(24-15-36-30(29(24)25)32(37)40)20-4-7-22(8-5-20)38-12-11-35-18-38/h3-16,18,31,36H,17H2,1-2H3. The van der Waals surface area contributed by atoms with Crippen molar-refractivity contribution < 1.29 is 17.2 Å². The van der Waals surface area contributed by atoms with Crippen LogP contribution >= 0.6 is 0 Å².